The summed E-state index contributed by atoms with van der Waals surface area (Å²) >= 11 is 3.53. The molecule has 20 heavy (non-hydrogen) atoms. The van der Waals surface area contributed by atoms with Crippen LogP contribution in [0.1, 0.15) is 40.2 Å². The zero-order valence-electron chi connectivity index (χ0n) is 12.9. The molecule has 0 fully saturated rings. The Morgan fingerprint density at radius 3 is 2.15 bits per heavy atom. The van der Waals surface area contributed by atoms with Crippen molar-refractivity contribution in [1.29, 1.82) is 0 Å². The third-order valence-electron chi connectivity index (χ3n) is 2.64. The minimum atomic E-state index is -0.482. The molecule has 1 amide bonds. The van der Waals surface area contributed by atoms with Gasteiger partial charge in [-0.15, -0.1) is 0 Å². The average molecular weight is 342 g/mol. The van der Waals surface area contributed by atoms with Crippen molar-refractivity contribution in [1.82, 2.24) is 0 Å². The van der Waals surface area contributed by atoms with E-state index in [0.29, 0.717) is 0 Å². The molecular weight excluding hydrogens is 318 g/mol. The zero-order chi connectivity index (χ0) is 15.4. The highest BCUT2D eigenvalue weighted by Gasteiger charge is 2.18. The number of amides is 1. The number of carbonyl (C=O) groups excluding carboxylic acids is 1. The predicted octanol–water partition coefficient (Wildman–Crippen LogP) is 5.00. The van der Waals surface area contributed by atoms with Gasteiger partial charge < -0.3 is 4.74 Å². The Bertz CT molecular complexity index is 447. The Balaban J connectivity index is 2.61. The van der Waals surface area contributed by atoms with Crippen LogP contribution in [0.4, 0.5) is 10.5 Å². The zero-order valence-corrected chi connectivity index (χ0v) is 14.5. The molecule has 1 aromatic rings. The molecule has 1 N–H and O–H groups in total. The first kappa shape index (κ1) is 17.0. The number of alkyl halides is 1. The van der Waals surface area contributed by atoms with Gasteiger partial charge in [-0.2, -0.15) is 0 Å². The van der Waals surface area contributed by atoms with Crippen molar-refractivity contribution in [2.45, 2.75) is 46.6 Å². The van der Waals surface area contributed by atoms with Crippen LogP contribution in [0.2, 0.25) is 0 Å². The van der Waals surface area contributed by atoms with Gasteiger partial charge in [0, 0.05) is 11.0 Å². The number of carbonyl (C=O) groups is 1. The van der Waals surface area contributed by atoms with Gasteiger partial charge in [-0.25, -0.2) is 4.79 Å². The van der Waals surface area contributed by atoms with Crippen molar-refractivity contribution in [2.24, 2.45) is 5.41 Å². The van der Waals surface area contributed by atoms with Gasteiger partial charge in [0.15, 0.2) is 0 Å². The van der Waals surface area contributed by atoms with E-state index in [1.807, 2.05) is 45.0 Å². The van der Waals surface area contributed by atoms with E-state index in [0.717, 1.165) is 17.4 Å². The molecule has 0 spiro atoms. The summed E-state index contributed by atoms with van der Waals surface area (Å²) in [5.41, 5.74) is 1.74. The SMILES string of the molecule is CC(C)(CBr)Cc1ccc(NC(=O)OC(C)(C)C)cc1. The topological polar surface area (TPSA) is 38.3 Å². The van der Waals surface area contributed by atoms with Crippen LogP contribution in [-0.4, -0.2) is 17.0 Å². The van der Waals surface area contributed by atoms with Crippen LogP contribution < -0.4 is 5.32 Å². The number of nitrogens with one attached hydrogen (secondary N) is 1. The van der Waals surface area contributed by atoms with Crippen molar-refractivity contribution in [3.63, 3.8) is 0 Å². The highest BCUT2D eigenvalue weighted by atomic mass is 79.9. The van der Waals surface area contributed by atoms with Crippen molar-refractivity contribution in [3.05, 3.63) is 29.8 Å². The fourth-order valence-corrected chi connectivity index (χ4v) is 1.93. The van der Waals surface area contributed by atoms with E-state index >= 15 is 0 Å². The maximum atomic E-state index is 11.6. The van der Waals surface area contributed by atoms with Crippen LogP contribution in [0.15, 0.2) is 24.3 Å². The molecule has 0 radical (unpaired) electrons. The van der Waals surface area contributed by atoms with Crippen molar-refractivity contribution in [3.8, 4) is 0 Å². The van der Waals surface area contributed by atoms with E-state index < -0.39 is 11.7 Å². The molecule has 4 heteroatoms. The first-order valence-electron chi connectivity index (χ1n) is 6.76. The maximum Gasteiger partial charge on any atom is 0.412 e. The van der Waals surface area contributed by atoms with Gasteiger partial charge in [0.25, 0.3) is 0 Å². The van der Waals surface area contributed by atoms with Gasteiger partial charge in [-0.3, -0.25) is 5.32 Å². The van der Waals surface area contributed by atoms with Crippen LogP contribution in [0.5, 0.6) is 0 Å². The number of anilines is 1. The number of halogens is 1. The Kier molecular flexibility index (Phi) is 5.63. The highest BCUT2D eigenvalue weighted by molar-refractivity contribution is 9.09. The predicted molar refractivity (Wildman–Crippen MR) is 87.6 cm³/mol. The lowest BCUT2D eigenvalue weighted by molar-refractivity contribution is 0.0636. The van der Waals surface area contributed by atoms with E-state index in [1.54, 1.807) is 0 Å². The fraction of sp³-hybridized carbons (Fsp3) is 0.562. The molecule has 0 saturated heterocycles. The smallest absolute Gasteiger partial charge is 0.412 e. The van der Waals surface area contributed by atoms with Crippen LogP contribution >= 0.6 is 15.9 Å². The summed E-state index contributed by atoms with van der Waals surface area (Å²) in [6.45, 7) is 9.97. The van der Waals surface area contributed by atoms with Gasteiger partial charge in [-0.1, -0.05) is 41.9 Å². The second kappa shape index (κ2) is 6.61. The van der Waals surface area contributed by atoms with Crippen molar-refractivity contribution >= 4 is 27.7 Å². The molecule has 0 aliphatic carbocycles. The van der Waals surface area contributed by atoms with Gasteiger partial charge in [-0.05, 0) is 50.3 Å². The first-order valence-corrected chi connectivity index (χ1v) is 7.88. The summed E-state index contributed by atoms with van der Waals surface area (Å²) in [5, 5.41) is 3.69. The fourth-order valence-electron chi connectivity index (χ4n) is 1.73. The second-order valence-electron chi connectivity index (χ2n) is 6.80. The monoisotopic (exact) mass is 341 g/mol. The lowest BCUT2D eigenvalue weighted by atomic mass is 9.88. The summed E-state index contributed by atoms with van der Waals surface area (Å²) in [4.78, 5) is 11.6. The van der Waals surface area contributed by atoms with Crippen LogP contribution in [-0.2, 0) is 11.2 Å². The quantitative estimate of drug-likeness (QED) is 0.782. The first-order chi connectivity index (χ1) is 9.11. The standard InChI is InChI=1S/C16H24BrNO2/c1-15(2,3)20-14(19)18-13-8-6-12(7-9-13)10-16(4,5)11-17/h6-9H,10-11H2,1-5H3,(H,18,19). The Morgan fingerprint density at radius 2 is 1.70 bits per heavy atom. The van der Waals surface area contributed by atoms with E-state index in [-0.39, 0.29) is 5.41 Å². The molecule has 0 saturated carbocycles. The number of benzene rings is 1. The highest BCUT2D eigenvalue weighted by Crippen LogP contribution is 2.24. The van der Waals surface area contributed by atoms with Crippen LogP contribution in [0, 0.1) is 5.41 Å². The molecule has 0 aliphatic heterocycles. The third kappa shape index (κ3) is 6.42. The molecule has 3 nitrogen and oxygen atoms in total. The summed E-state index contributed by atoms with van der Waals surface area (Å²) < 4.78 is 5.21. The lowest BCUT2D eigenvalue weighted by Crippen LogP contribution is -2.27. The van der Waals surface area contributed by atoms with Crippen LogP contribution in [0.3, 0.4) is 0 Å². The van der Waals surface area contributed by atoms with Gasteiger partial charge in [0.05, 0.1) is 0 Å². The van der Waals surface area contributed by atoms with Gasteiger partial charge in [0.1, 0.15) is 5.60 Å². The summed E-state index contributed by atoms with van der Waals surface area (Å²) in [6, 6.07) is 7.89. The molecule has 0 bridgehead atoms. The molecule has 1 aromatic carbocycles. The van der Waals surface area contributed by atoms with Crippen molar-refractivity contribution < 1.29 is 9.53 Å². The Hall–Kier alpha value is -1.03. The van der Waals surface area contributed by atoms with E-state index in [4.69, 9.17) is 4.74 Å². The van der Waals surface area contributed by atoms with E-state index in [9.17, 15) is 4.79 Å². The minimum Gasteiger partial charge on any atom is -0.444 e. The normalized spacial score (nSPS) is 12.1. The molecule has 112 valence electrons. The maximum absolute atomic E-state index is 11.6. The molecule has 1 rings (SSSR count). The molecule has 0 heterocycles. The molecule has 0 aromatic heterocycles. The number of rotatable bonds is 4. The molecule has 0 atom stereocenters. The number of hydrogen-bond donors (Lipinski definition) is 1. The Morgan fingerprint density at radius 1 is 1.15 bits per heavy atom. The largest absolute Gasteiger partial charge is 0.444 e. The lowest BCUT2D eigenvalue weighted by Gasteiger charge is -2.22. The molecule has 0 aliphatic rings. The summed E-state index contributed by atoms with van der Waals surface area (Å²) in [5.74, 6) is 0. The summed E-state index contributed by atoms with van der Waals surface area (Å²) in [6.07, 6.45) is 0.566. The number of ether oxygens (including phenoxy) is 1. The van der Waals surface area contributed by atoms with Gasteiger partial charge >= 0.3 is 6.09 Å². The third-order valence-corrected chi connectivity index (χ3v) is 4.16. The van der Waals surface area contributed by atoms with E-state index in [1.165, 1.54) is 5.56 Å². The van der Waals surface area contributed by atoms with Crippen molar-refractivity contribution in [2.75, 3.05) is 10.6 Å². The van der Waals surface area contributed by atoms with E-state index in [2.05, 4.69) is 35.1 Å². The van der Waals surface area contributed by atoms with Gasteiger partial charge in [0.2, 0.25) is 0 Å². The second-order valence-corrected chi connectivity index (χ2v) is 7.36. The minimum absolute atomic E-state index is 0.222. The van der Waals surface area contributed by atoms with Crippen LogP contribution in [0.25, 0.3) is 0 Å². The summed E-state index contributed by atoms with van der Waals surface area (Å²) in [7, 11) is 0. The Labute approximate surface area is 130 Å². The average Bonchev–Trinajstić information content (AvgIpc) is 2.29. The number of hydrogen-bond acceptors (Lipinski definition) is 2. The molecule has 0 unspecified atom stereocenters. The molecular formula is C16H24BrNO2.